The molecule has 6 nitrogen and oxygen atoms in total. The molecule has 0 unspecified atom stereocenters. The van der Waals surface area contributed by atoms with Gasteiger partial charge in [-0.1, -0.05) is 24.1 Å². The first-order valence-electron chi connectivity index (χ1n) is 10.6. The number of rotatable bonds is 8. The zero-order valence-electron chi connectivity index (χ0n) is 18.6. The summed E-state index contributed by atoms with van der Waals surface area (Å²) in [6.45, 7) is 8.28. The molecule has 0 atom stereocenters. The van der Waals surface area contributed by atoms with Crippen molar-refractivity contribution < 1.29 is 18.8 Å². The van der Waals surface area contributed by atoms with E-state index in [1.165, 1.54) is 12.8 Å². The number of aryl methyl sites for hydroxylation is 2. The van der Waals surface area contributed by atoms with Crippen molar-refractivity contribution in [1.29, 1.82) is 0 Å². The summed E-state index contributed by atoms with van der Waals surface area (Å²) in [4.78, 5) is 14.8. The lowest BCUT2D eigenvalue weighted by molar-refractivity contribution is -0.130. The first-order valence-corrected chi connectivity index (χ1v) is 10.6. The number of nitrogens with zero attached hydrogens (tertiary/aromatic N) is 2. The molecule has 0 bridgehead atoms. The van der Waals surface area contributed by atoms with Crippen LogP contribution in [0.2, 0.25) is 0 Å². The van der Waals surface area contributed by atoms with Crippen LogP contribution in [0.25, 0.3) is 6.08 Å². The molecule has 0 aliphatic heterocycles. The van der Waals surface area contributed by atoms with Crippen molar-refractivity contribution in [3.8, 4) is 11.5 Å². The van der Waals surface area contributed by atoms with Crippen molar-refractivity contribution in [3.63, 3.8) is 0 Å². The standard InChI is InChI=1S/C24H32N2O4/c1-16(2)26(20-8-6-7-9-20)24(27)13-11-19-10-12-22(23(14-19)28-5)29-15-21-17(3)25-30-18(21)4/h10-14,16,20H,6-9,15H2,1-5H3/b13-11+. The van der Waals surface area contributed by atoms with Gasteiger partial charge >= 0.3 is 0 Å². The lowest BCUT2D eigenvalue weighted by atomic mass is 10.1. The molecule has 0 saturated heterocycles. The van der Waals surface area contributed by atoms with Gasteiger partial charge in [0.05, 0.1) is 18.4 Å². The lowest BCUT2D eigenvalue weighted by Crippen LogP contribution is -2.42. The smallest absolute Gasteiger partial charge is 0.247 e. The van der Waals surface area contributed by atoms with Gasteiger partial charge in [0.15, 0.2) is 11.5 Å². The van der Waals surface area contributed by atoms with Crippen molar-refractivity contribution in [2.75, 3.05) is 7.11 Å². The second-order valence-electron chi connectivity index (χ2n) is 8.11. The first-order chi connectivity index (χ1) is 14.4. The highest BCUT2D eigenvalue weighted by Crippen LogP contribution is 2.30. The molecule has 3 rings (SSSR count). The van der Waals surface area contributed by atoms with E-state index >= 15 is 0 Å². The monoisotopic (exact) mass is 412 g/mol. The van der Waals surface area contributed by atoms with Gasteiger partial charge in [-0.3, -0.25) is 4.79 Å². The summed E-state index contributed by atoms with van der Waals surface area (Å²) in [6, 6.07) is 6.21. The molecule has 1 aliphatic carbocycles. The van der Waals surface area contributed by atoms with E-state index in [-0.39, 0.29) is 11.9 Å². The molecule has 0 spiro atoms. The number of hydrogen-bond donors (Lipinski definition) is 0. The predicted molar refractivity (Wildman–Crippen MR) is 117 cm³/mol. The van der Waals surface area contributed by atoms with Crippen LogP contribution in [0.3, 0.4) is 0 Å². The maximum absolute atomic E-state index is 12.8. The largest absolute Gasteiger partial charge is 0.493 e. The number of hydrogen-bond acceptors (Lipinski definition) is 5. The lowest BCUT2D eigenvalue weighted by Gasteiger charge is -2.31. The van der Waals surface area contributed by atoms with E-state index in [9.17, 15) is 4.79 Å². The SMILES string of the molecule is COc1cc(/C=C/C(=O)N(C(C)C)C2CCCC2)ccc1OCc1c(C)noc1C. The van der Waals surface area contributed by atoms with E-state index < -0.39 is 0 Å². The van der Waals surface area contributed by atoms with Crippen molar-refractivity contribution in [2.45, 2.75) is 72.1 Å². The van der Waals surface area contributed by atoms with Gasteiger partial charge in [-0.15, -0.1) is 0 Å². The van der Waals surface area contributed by atoms with Gasteiger partial charge in [0.2, 0.25) is 5.91 Å². The fraction of sp³-hybridized carbons (Fsp3) is 0.500. The van der Waals surface area contributed by atoms with Crippen LogP contribution < -0.4 is 9.47 Å². The minimum absolute atomic E-state index is 0.0644. The number of aromatic nitrogens is 1. The van der Waals surface area contributed by atoms with Gasteiger partial charge in [-0.05, 0) is 64.3 Å². The number of carbonyl (C=O) groups is 1. The van der Waals surface area contributed by atoms with Crippen LogP contribution in [-0.4, -0.2) is 35.2 Å². The topological polar surface area (TPSA) is 64.8 Å². The zero-order valence-corrected chi connectivity index (χ0v) is 18.6. The average molecular weight is 413 g/mol. The quantitative estimate of drug-likeness (QED) is 0.566. The molecule has 1 aromatic heterocycles. The Morgan fingerprint density at radius 1 is 1.27 bits per heavy atom. The molecular formula is C24H32N2O4. The molecular weight excluding hydrogens is 380 g/mol. The number of ether oxygens (including phenoxy) is 2. The number of methoxy groups -OCH3 is 1. The average Bonchev–Trinajstić information content (AvgIpc) is 3.35. The Balaban J connectivity index is 1.69. The van der Waals surface area contributed by atoms with E-state index in [0.717, 1.165) is 35.4 Å². The van der Waals surface area contributed by atoms with Crippen molar-refractivity contribution in [2.24, 2.45) is 0 Å². The van der Waals surface area contributed by atoms with Gasteiger partial charge in [-0.25, -0.2) is 0 Å². The maximum atomic E-state index is 12.8. The molecule has 1 aromatic carbocycles. The molecule has 1 fully saturated rings. The van der Waals surface area contributed by atoms with Gasteiger partial charge in [-0.2, -0.15) is 0 Å². The molecule has 0 radical (unpaired) electrons. The molecule has 1 aliphatic rings. The minimum Gasteiger partial charge on any atom is -0.493 e. The third kappa shape index (κ3) is 5.04. The maximum Gasteiger partial charge on any atom is 0.247 e. The van der Waals surface area contributed by atoms with E-state index in [4.69, 9.17) is 14.0 Å². The zero-order chi connectivity index (χ0) is 21.7. The van der Waals surface area contributed by atoms with Crippen molar-refractivity contribution in [1.82, 2.24) is 10.1 Å². The van der Waals surface area contributed by atoms with Crippen LogP contribution in [0, 0.1) is 13.8 Å². The van der Waals surface area contributed by atoms with Crippen LogP contribution in [0.4, 0.5) is 0 Å². The summed E-state index contributed by atoms with van der Waals surface area (Å²) in [5.74, 6) is 2.07. The molecule has 1 heterocycles. The Morgan fingerprint density at radius 3 is 2.60 bits per heavy atom. The second kappa shape index (κ2) is 9.83. The van der Waals surface area contributed by atoms with Gasteiger partial charge in [0.1, 0.15) is 12.4 Å². The van der Waals surface area contributed by atoms with Gasteiger partial charge in [0.25, 0.3) is 0 Å². The third-order valence-electron chi connectivity index (χ3n) is 5.69. The highest BCUT2D eigenvalue weighted by molar-refractivity contribution is 5.92. The summed E-state index contributed by atoms with van der Waals surface area (Å²) >= 11 is 0. The van der Waals surface area contributed by atoms with Crippen LogP contribution in [0.5, 0.6) is 11.5 Å². The second-order valence-corrected chi connectivity index (χ2v) is 8.11. The fourth-order valence-electron chi connectivity index (χ4n) is 4.06. The summed E-state index contributed by atoms with van der Waals surface area (Å²) in [5.41, 5.74) is 2.65. The summed E-state index contributed by atoms with van der Waals surface area (Å²) < 4.78 is 16.6. The Hall–Kier alpha value is -2.76. The van der Waals surface area contributed by atoms with Crippen molar-refractivity contribution in [3.05, 3.63) is 46.9 Å². The van der Waals surface area contributed by atoms with E-state index in [1.54, 1.807) is 13.2 Å². The molecule has 0 N–H and O–H groups in total. The first kappa shape index (κ1) is 21.9. The predicted octanol–water partition coefficient (Wildman–Crippen LogP) is 5.07. The van der Waals surface area contributed by atoms with Crippen LogP contribution in [0.15, 0.2) is 28.8 Å². The van der Waals surface area contributed by atoms with Crippen LogP contribution in [0.1, 0.15) is 62.1 Å². The molecule has 1 amide bonds. The summed E-state index contributed by atoms with van der Waals surface area (Å²) in [7, 11) is 1.61. The molecule has 1 saturated carbocycles. The Morgan fingerprint density at radius 2 is 2.00 bits per heavy atom. The van der Waals surface area contributed by atoms with Gasteiger partial charge < -0.3 is 18.9 Å². The Kier molecular flexibility index (Phi) is 7.19. The molecule has 162 valence electrons. The summed E-state index contributed by atoms with van der Waals surface area (Å²) in [6.07, 6.45) is 8.12. The number of amides is 1. The van der Waals surface area contributed by atoms with Crippen LogP contribution >= 0.6 is 0 Å². The van der Waals surface area contributed by atoms with E-state index in [0.29, 0.717) is 24.1 Å². The van der Waals surface area contributed by atoms with E-state index in [1.807, 2.05) is 43.0 Å². The summed E-state index contributed by atoms with van der Waals surface area (Å²) in [5, 5.41) is 3.95. The normalized spacial score (nSPS) is 14.6. The molecule has 30 heavy (non-hydrogen) atoms. The Labute approximate surface area is 178 Å². The van der Waals surface area contributed by atoms with Crippen molar-refractivity contribution >= 4 is 12.0 Å². The highest BCUT2D eigenvalue weighted by Gasteiger charge is 2.27. The van der Waals surface area contributed by atoms with E-state index in [2.05, 4.69) is 19.0 Å². The minimum atomic E-state index is 0.0644. The highest BCUT2D eigenvalue weighted by atomic mass is 16.5. The molecule has 2 aromatic rings. The molecule has 6 heteroatoms. The third-order valence-corrected chi connectivity index (χ3v) is 5.69. The number of benzene rings is 1. The fourth-order valence-corrected chi connectivity index (χ4v) is 4.06. The Bertz CT molecular complexity index is 875. The van der Waals surface area contributed by atoms with Crippen LogP contribution in [-0.2, 0) is 11.4 Å². The number of carbonyl (C=O) groups excluding carboxylic acids is 1. The van der Waals surface area contributed by atoms with Gasteiger partial charge in [0, 0.05) is 18.2 Å².